The van der Waals surface area contributed by atoms with Gasteiger partial charge in [-0.15, -0.1) is 0 Å². The molecule has 1 fully saturated rings. The van der Waals surface area contributed by atoms with Gasteiger partial charge in [0.25, 0.3) is 0 Å². The van der Waals surface area contributed by atoms with Crippen LogP contribution < -0.4 is 5.32 Å². The van der Waals surface area contributed by atoms with Crippen molar-refractivity contribution < 1.29 is 4.42 Å². The van der Waals surface area contributed by atoms with E-state index in [0.717, 1.165) is 24.8 Å². The van der Waals surface area contributed by atoms with Gasteiger partial charge in [-0.2, -0.15) is 0 Å². The van der Waals surface area contributed by atoms with Crippen molar-refractivity contribution in [2.24, 2.45) is 11.8 Å². The van der Waals surface area contributed by atoms with Crippen molar-refractivity contribution in [3.05, 3.63) is 24.2 Å². The van der Waals surface area contributed by atoms with E-state index in [4.69, 9.17) is 4.42 Å². The average molecular weight is 263 g/mol. The third kappa shape index (κ3) is 4.38. The summed E-state index contributed by atoms with van der Waals surface area (Å²) in [5.41, 5.74) is 1.34. The van der Waals surface area contributed by atoms with Crippen LogP contribution in [0.4, 0.5) is 0 Å². The number of nitrogens with one attached hydrogen (secondary N) is 1. The molecule has 2 nitrogen and oxygen atoms in total. The Morgan fingerprint density at radius 3 is 2.95 bits per heavy atom. The van der Waals surface area contributed by atoms with Gasteiger partial charge in [-0.3, -0.25) is 0 Å². The molecule has 1 aromatic heterocycles. The Bertz CT molecular complexity index is 333. The second-order valence-corrected chi connectivity index (χ2v) is 6.10. The molecule has 1 N–H and O–H groups in total. The summed E-state index contributed by atoms with van der Waals surface area (Å²) >= 11 is 0. The molecule has 1 saturated carbocycles. The highest BCUT2D eigenvalue weighted by atomic mass is 16.3. The van der Waals surface area contributed by atoms with Crippen LogP contribution in [0.15, 0.2) is 23.0 Å². The molecule has 0 spiro atoms. The smallest absolute Gasteiger partial charge is 0.0935 e. The third-order valence-corrected chi connectivity index (χ3v) is 4.66. The van der Waals surface area contributed by atoms with Gasteiger partial charge in [0.15, 0.2) is 0 Å². The average Bonchev–Trinajstić information content (AvgIpc) is 2.96. The van der Waals surface area contributed by atoms with Crippen molar-refractivity contribution in [1.29, 1.82) is 0 Å². The monoisotopic (exact) mass is 263 g/mol. The SMILES string of the molecule is CCCNC(Cc1ccoc1)C1CCCC(CC)C1. The molecule has 0 radical (unpaired) electrons. The lowest BCUT2D eigenvalue weighted by Crippen LogP contribution is -2.40. The summed E-state index contributed by atoms with van der Waals surface area (Å²) in [4.78, 5) is 0. The van der Waals surface area contributed by atoms with E-state index in [9.17, 15) is 0 Å². The van der Waals surface area contributed by atoms with Gasteiger partial charge < -0.3 is 9.73 Å². The van der Waals surface area contributed by atoms with E-state index in [2.05, 4.69) is 25.2 Å². The minimum Gasteiger partial charge on any atom is -0.472 e. The zero-order valence-electron chi connectivity index (χ0n) is 12.5. The van der Waals surface area contributed by atoms with E-state index in [-0.39, 0.29) is 0 Å². The summed E-state index contributed by atoms with van der Waals surface area (Å²) in [6.45, 7) is 5.73. The van der Waals surface area contributed by atoms with Gasteiger partial charge in [-0.05, 0) is 55.7 Å². The molecule has 3 atom stereocenters. The van der Waals surface area contributed by atoms with E-state index in [0.29, 0.717) is 6.04 Å². The molecular weight excluding hydrogens is 234 g/mol. The van der Waals surface area contributed by atoms with Crippen molar-refractivity contribution in [3.63, 3.8) is 0 Å². The zero-order valence-corrected chi connectivity index (χ0v) is 12.5. The standard InChI is InChI=1S/C17H29NO/c1-3-9-18-17(12-15-8-10-19-13-15)16-7-5-6-14(4-2)11-16/h8,10,13-14,16-18H,3-7,9,11-12H2,1-2H3. The van der Waals surface area contributed by atoms with Crippen molar-refractivity contribution in [2.45, 2.75) is 64.8 Å². The molecule has 1 aliphatic rings. The maximum atomic E-state index is 5.22. The summed E-state index contributed by atoms with van der Waals surface area (Å²) in [6.07, 6.45) is 13.1. The first-order valence-corrected chi connectivity index (χ1v) is 8.07. The first-order valence-electron chi connectivity index (χ1n) is 8.07. The first kappa shape index (κ1) is 14.6. The van der Waals surface area contributed by atoms with Crippen LogP contribution in [0.25, 0.3) is 0 Å². The Morgan fingerprint density at radius 1 is 1.37 bits per heavy atom. The predicted octanol–water partition coefficient (Wildman–Crippen LogP) is 4.41. The van der Waals surface area contributed by atoms with Crippen LogP contribution in [0.3, 0.4) is 0 Å². The van der Waals surface area contributed by atoms with E-state index < -0.39 is 0 Å². The number of hydrogen-bond donors (Lipinski definition) is 1. The normalized spacial score (nSPS) is 25.4. The van der Waals surface area contributed by atoms with Crippen molar-refractivity contribution in [2.75, 3.05) is 6.54 Å². The molecule has 19 heavy (non-hydrogen) atoms. The van der Waals surface area contributed by atoms with Gasteiger partial charge >= 0.3 is 0 Å². The largest absolute Gasteiger partial charge is 0.472 e. The molecule has 0 aliphatic heterocycles. The lowest BCUT2D eigenvalue weighted by molar-refractivity contribution is 0.207. The summed E-state index contributed by atoms with van der Waals surface area (Å²) in [6, 6.07) is 2.74. The second kappa shape index (κ2) is 7.74. The van der Waals surface area contributed by atoms with Gasteiger partial charge in [0.05, 0.1) is 12.5 Å². The quantitative estimate of drug-likeness (QED) is 0.788. The fourth-order valence-electron chi connectivity index (χ4n) is 3.47. The topological polar surface area (TPSA) is 25.2 Å². The second-order valence-electron chi connectivity index (χ2n) is 6.10. The van der Waals surface area contributed by atoms with Gasteiger partial charge in [-0.1, -0.05) is 33.1 Å². The number of hydrogen-bond acceptors (Lipinski definition) is 2. The summed E-state index contributed by atoms with van der Waals surface area (Å²) in [7, 11) is 0. The minimum absolute atomic E-state index is 0.631. The van der Waals surface area contributed by atoms with E-state index in [1.54, 1.807) is 6.26 Å². The molecule has 1 aromatic rings. The van der Waals surface area contributed by atoms with Crippen molar-refractivity contribution in [3.8, 4) is 0 Å². The lowest BCUT2D eigenvalue weighted by atomic mass is 9.75. The maximum Gasteiger partial charge on any atom is 0.0935 e. The van der Waals surface area contributed by atoms with Crippen LogP contribution in [0.1, 0.15) is 57.9 Å². The highest BCUT2D eigenvalue weighted by molar-refractivity contribution is 5.08. The van der Waals surface area contributed by atoms with Crippen LogP contribution in [0, 0.1) is 11.8 Å². The molecule has 3 unspecified atom stereocenters. The van der Waals surface area contributed by atoms with Crippen LogP contribution in [0.2, 0.25) is 0 Å². The van der Waals surface area contributed by atoms with Crippen LogP contribution in [0.5, 0.6) is 0 Å². The van der Waals surface area contributed by atoms with Gasteiger partial charge in [0, 0.05) is 6.04 Å². The van der Waals surface area contributed by atoms with Crippen LogP contribution in [-0.4, -0.2) is 12.6 Å². The van der Waals surface area contributed by atoms with Crippen LogP contribution >= 0.6 is 0 Å². The van der Waals surface area contributed by atoms with Crippen LogP contribution in [-0.2, 0) is 6.42 Å². The fraction of sp³-hybridized carbons (Fsp3) is 0.765. The summed E-state index contributed by atoms with van der Waals surface area (Å²) < 4.78 is 5.22. The molecule has 1 aliphatic carbocycles. The highest BCUT2D eigenvalue weighted by Gasteiger charge is 2.27. The molecule has 2 rings (SSSR count). The Labute approximate surface area is 118 Å². The zero-order chi connectivity index (χ0) is 13.5. The molecule has 0 aromatic carbocycles. The molecule has 2 heteroatoms. The predicted molar refractivity (Wildman–Crippen MR) is 80.2 cm³/mol. The van der Waals surface area contributed by atoms with E-state index >= 15 is 0 Å². The van der Waals surface area contributed by atoms with Crippen molar-refractivity contribution in [1.82, 2.24) is 5.32 Å². The Kier molecular flexibility index (Phi) is 5.96. The molecule has 0 saturated heterocycles. The van der Waals surface area contributed by atoms with Gasteiger partial charge in [0.1, 0.15) is 0 Å². The van der Waals surface area contributed by atoms with E-state index in [1.165, 1.54) is 44.1 Å². The Hall–Kier alpha value is -0.760. The molecule has 108 valence electrons. The summed E-state index contributed by atoms with van der Waals surface area (Å²) in [5.74, 6) is 1.80. The summed E-state index contributed by atoms with van der Waals surface area (Å²) in [5, 5.41) is 3.78. The first-order chi connectivity index (χ1) is 9.33. The third-order valence-electron chi connectivity index (χ3n) is 4.66. The highest BCUT2D eigenvalue weighted by Crippen LogP contribution is 2.33. The molecule has 1 heterocycles. The van der Waals surface area contributed by atoms with Crippen molar-refractivity contribution >= 4 is 0 Å². The number of rotatable bonds is 7. The minimum atomic E-state index is 0.631. The number of furan rings is 1. The molecule has 0 amide bonds. The molecule has 0 bridgehead atoms. The fourth-order valence-corrected chi connectivity index (χ4v) is 3.47. The van der Waals surface area contributed by atoms with E-state index in [1.807, 2.05) is 6.26 Å². The molecular formula is C17H29NO. The lowest BCUT2D eigenvalue weighted by Gasteiger charge is -2.35. The van der Waals surface area contributed by atoms with Gasteiger partial charge in [-0.25, -0.2) is 0 Å². The van der Waals surface area contributed by atoms with Gasteiger partial charge in [0.2, 0.25) is 0 Å². The maximum absolute atomic E-state index is 5.22. The Morgan fingerprint density at radius 2 is 2.26 bits per heavy atom. The Balaban J connectivity index is 1.95.